The first kappa shape index (κ1) is 27.2. The van der Waals surface area contributed by atoms with Crippen molar-refractivity contribution in [1.29, 1.82) is 0 Å². The number of aliphatic carboxylic acids is 1. The summed E-state index contributed by atoms with van der Waals surface area (Å²) in [6, 6.07) is 26.1. The molecule has 0 aromatic carbocycles. The Kier molecular flexibility index (Phi) is 7.45. The fourth-order valence-electron chi connectivity index (χ4n) is 4.67. The number of carboxylic acids is 1. The lowest BCUT2D eigenvalue weighted by Gasteiger charge is -1.98. The largest absolute Gasteiger partial charge is 0.481 e. The highest BCUT2D eigenvalue weighted by atomic mass is 32.1. The molecule has 1 N–H and O–H groups in total. The predicted molar refractivity (Wildman–Crippen MR) is 185 cm³/mol. The lowest BCUT2D eigenvalue weighted by atomic mass is 10.1. The Morgan fingerprint density at radius 1 is 0.585 bits per heavy atom. The number of hydrogen-bond acceptors (Lipinski definition) is 8. The Labute approximate surface area is 266 Å². The van der Waals surface area contributed by atoms with Crippen LogP contribution in [0.3, 0.4) is 0 Å². The van der Waals surface area contributed by atoms with E-state index in [0.717, 1.165) is 20.2 Å². The fraction of sp³-hybridized carbons (Fsp3) is 0.0938. The zero-order valence-corrected chi connectivity index (χ0v) is 27.6. The molecule has 204 valence electrons. The summed E-state index contributed by atoms with van der Waals surface area (Å²) >= 11 is 12.5. The van der Waals surface area contributed by atoms with Gasteiger partial charge in [-0.15, -0.1) is 79.4 Å². The molecule has 0 saturated heterocycles. The molecule has 0 bridgehead atoms. The van der Waals surface area contributed by atoms with Gasteiger partial charge in [-0.25, -0.2) is 0 Å². The van der Waals surface area contributed by atoms with Gasteiger partial charge in [0.2, 0.25) is 0 Å². The first-order valence-corrected chi connectivity index (χ1v) is 18.6. The van der Waals surface area contributed by atoms with Crippen molar-refractivity contribution in [2.45, 2.75) is 20.3 Å². The third-order valence-corrected chi connectivity index (χ3v) is 15.3. The first-order valence-electron chi connectivity index (χ1n) is 12.8. The molecule has 0 atom stereocenters. The van der Waals surface area contributed by atoms with Crippen LogP contribution in [-0.4, -0.2) is 11.1 Å². The monoisotopic (exact) mass is 662 g/mol. The Balaban J connectivity index is 1.20. The minimum Gasteiger partial charge on any atom is -0.481 e. The highest BCUT2D eigenvalue weighted by Gasteiger charge is 2.20. The van der Waals surface area contributed by atoms with Crippen molar-refractivity contribution in [3.05, 3.63) is 94.2 Å². The average molecular weight is 663 g/mol. The van der Waals surface area contributed by atoms with Crippen LogP contribution in [0.2, 0.25) is 0 Å². The summed E-state index contributed by atoms with van der Waals surface area (Å²) in [4.78, 5) is 27.8. The summed E-state index contributed by atoms with van der Waals surface area (Å²) in [5.41, 5.74) is 2.16. The SMILES string of the molecule is Cc1ccc(-c2ccc(-c3cc(CC(=O)O)c(-c4ccc(-c5sc(-c6ccc(-c7cccs7)s6)cc5C)s4)s3)s2)s1. The molecule has 41 heavy (non-hydrogen) atoms. The van der Waals surface area contributed by atoms with E-state index in [0.29, 0.717) is 0 Å². The van der Waals surface area contributed by atoms with Crippen LogP contribution in [0.15, 0.2) is 78.2 Å². The van der Waals surface area contributed by atoms with E-state index in [1.54, 1.807) is 56.7 Å². The second kappa shape index (κ2) is 11.2. The van der Waals surface area contributed by atoms with Crippen molar-refractivity contribution in [2.24, 2.45) is 0 Å². The van der Waals surface area contributed by atoms with E-state index in [9.17, 15) is 9.90 Å². The molecule has 0 radical (unpaired) electrons. The maximum absolute atomic E-state index is 11.8. The number of thiophene rings is 7. The van der Waals surface area contributed by atoms with E-state index in [1.807, 2.05) is 22.7 Å². The maximum Gasteiger partial charge on any atom is 0.307 e. The minimum atomic E-state index is -0.801. The molecule has 2 nitrogen and oxygen atoms in total. The third kappa shape index (κ3) is 5.48. The Hall–Kier alpha value is -2.63. The lowest BCUT2D eigenvalue weighted by molar-refractivity contribution is -0.136. The van der Waals surface area contributed by atoms with Crippen molar-refractivity contribution >= 4 is 85.3 Å². The number of carbonyl (C=O) groups is 1. The van der Waals surface area contributed by atoms with Gasteiger partial charge in [-0.2, -0.15) is 0 Å². The van der Waals surface area contributed by atoms with Gasteiger partial charge in [-0.1, -0.05) is 6.07 Å². The van der Waals surface area contributed by atoms with E-state index in [4.69, 9.17) is 0 Å². The van der Waals surface area contributed by atoms with Crippen LogP contribution in [0.25, 0.3) is 58.5 Å². The van der Waals surface area contributed by atoms with Gasteiger partial charge in [-0.3, -0.25) is 4.79 Å². The first-order chi connectivity index (χ1) is 19.9. The maximum atomic E-state index is 11.8. The highest BCUT2D eigenvalue weighted by molar-refractivity contribution is 7.31. The number of hydrogen-bond donors (Lipinski definition) is 1. The molecule has 0 aliphatic rings. The van der Waals surface area contributed by atoms with Crippen LogP contribution in [0.5, 0.6) is 0 Å². The van der Waals surface area contributed by atoms with Gasteiger partial charge >= 0.3 is 5.97 Å². The molecule has 7 aromatic heterocycles. The van der Waals surface area contributed by atoms with Gasteiger partial charge in [0.05, 0.1) is 6.42 Å². The van der Waals surface area contributed by atoms with E-state index >= 15 is 0 Å². The van der Waals surface area contributed by atoms with Crippen LogP contribution in [-0.2, 0) is 11.2 Å². The van der Waals surface area contributed by atoms with Crippen molar-refractivity contribution in [3.8, 4) is 58.5 Å². The standard InChI is InChI=1S/C32H22O2S7/c1-17-14-28(24-9-7-21(37-24)20-4-3-13-35-20)40-31(17)26-11-12-27(39-26)32-19(16-30(33)34)15-29(41-32)25-10-8-23(38-25)22-6-5-18(2)36-22/h3-15H,16H2,1-2H3,(H,33,34). The summed E-state index contributed by atoms with van der Waals surface area (Å²) in [5, 5.41) is 11.8. The fourth-order valence-corrected chi connectivity index (χ4v) is 12.3. The minimum absolute atomic E-state index is 0.0224. The predicted octanol–water partition coefficient (Wildman–Crippen LogP) is 12.4. The summed E-state index contributed by atoms with van der Waals surface area (Å²) in [5.74, 6) is -0.801. The zero-order valence-electron chi connectivity index (χ0n) is 21.9. The van der Waals surface area contributed by atoms with Crippen molar-refractivity contribution < 1.29 is 9.90 Å². The molecule has 7 heterocycles. The molecule has 7 aromatic rings. The Morgan fingerprint density at radius 3 is 1.76 bits per heavy atom. The molecule has 0 aliphatic heterocycles. The molecule has 0 amide bonds. The van der Waals surface area contributed by atoms with E-state index in [-0.39, 0.29) is 6.42 Å². The highest BCUT2D eigenvalue weighted by Crippen LogP contribution is 2.49. The zero-order chi connectivity index (χ0) is 28.1. The molecule has 9 heteroatoms. The van der Waals surface area contributed by atoms with Gasteiger partial charge in [0, 0.05) is 63.4 Å². The molecule has 0 spiro atoms. The average Bonchev–Trinajstić information content (AvgIpc) is 3.76. The topological polar surface area (TPSA) is 37.3 Å². The second-order valence-electron chi connectivity index (χ2n) is 9.54. The van der Waals surface area contributed by atoms with Crippen molar-refractivity contribution in [2.75, 3.05) is 0 Å². The van der Waals surface area contributed by atoms with Crippen LogP contribution >= 0.6 is 79.4 Å². The quantitative estimate of drug-likeness (QED) is 0.176. The smallest absolute Gasteiger partial charge is 0.307 e. The van der Waals surface area contributed by atoms with Crippen LogP contribution in [0.4, 0.5) is 0 Å². The molecule has 0 saturated carbocycles. The third-order valence-electron chi connectivity index (χ3n) is 6.57. The van der Waals surface area contributed by atoms with Crippen LogP contribution in [0.1, 0.15) is 16.0 Å². The normalized spacial score (nSPS) is 11.5. The molecule has 0 aliphatic carbocycles. The van der Waals surface area contributed by atoms with Gasteiger partial charge < -0.3 is 5.11 Å². The van der Waals surface area contributed by atoms with E-state index < -0.39 is 5.97 Å². The summed E-state index contributed by atoms with van der Waals surface area (Å²) in [6.07, 6.45) is 0.0224. The van der Waals surface area contributed by atoms with Crippen molar-refractivity contribution in [3.63, 3.8) is 0 Å². The van der Waals surface area contributed by atoms with E-state index in [1.165, 1.54) is 54.3 Å². The second-order valence-corrected chi connectivity index (χ2v) is 17.1. The Bertz CT molecular complexity index is 1980. The number of carboxylic acid groups (broad SMARTS) is 1. The molecule has 0 fully saturated rings. The van der Waals surface area contributed by atoms with Gasteiger partial charge in [0.15, 0.2) is 0 Å². The summed E-state index contributed by atoms with van der Waals surface area (Å²) in [7, 11) is 0. The lowest BCUT2D eigenvalue weighted by Crippen LogP contribution is -1.99. The number of aryl methyl sites for hydroxylation is 2. The number of rotatable bonds is 8. The Morgan fingerprint density at radius 2 is 1.12 bits per heavy atom. The summed E-state index contributed by atoms with van der Waals surface area (Å²) in [6.45, 7) is 4.32. The van der Waals surface area contributed by atoms with E-state index in [2.05, 4.69) is 92.0 Å². The molecular formula is C32H22O2S7. The van der Waals surface area contributed by atoms with Crippen LogP contribution in [0, 0.1) is 13.8 Å². The van der Waals surface area contributed by atoms with Crippen molar-refractivity contribution in [1.82, 2.24) is 0 Å². The van der Waals surface area contributed by atoms with Gasteiger partial charge in [0.1, 0.15) is 0 Å². The molecular weight excluding hydrogens is 641 g/mol. The van der Waals surface area contributed by atoms with Crippen LogP contribution < -0.4 is 0 Å². The summed E-state index contributed by atoms with van der Waals surface area (Å²) < 4.78 is 0. The van der Waals surface area contributed by atoms with Gasteiger partial charge in [-0.05, 0) is 97.1 Å². The molecule has 7 rings (SSSR count). The molecule has 0 unspecified atom stereocenters. The van der Waals surface area contributed by atoms with Gasteiger partial charge in [0.25, 0.3) is 0 Å².